The van der Waals surface area contributed by atoms with Gasteiger partial charge in [0.2, 0.25) is 0 Å². The van der Waals surface area contributed by atoms with E-state index in [0.29, 0.717) is 0 Å². The van der Waals surface area contributed by atoms with Gasteiger partial charge >= 0.3 is 5.97 Å². The van der Waals surface area contributed by atoms with Crippen LogP contribution in [0.5, 0.6) is 0 Å². The predicted molar refractivity (Wildman–Crippen MR) is 81.4 cm³/mol. The summed E-state index contributed by atoms with van der Waals surface area (Å²) in [6, 6.07) is 1.44. The number of thiophene rings is 1. The molecular weight excluding hydrogens is 312 g/mol. The standard InChI is InChI=1S/C13H16N2O4S2/c1-4-19-13(16)11-8(2)9(3)20-12(11)15-21(17,18)10-5-6-14-7-10/h5-7,14-15H,4H2,1-3H3. The van der Waals surface area contributed by atoms with Crippen molar-refractivity contribution in [3.05, 3.63) is 34.5 Å². The lowest BCUT2D eigenvalue weighted by molar-refractivity contribution is 0.0527. The summed E-state index contributed by atoms with van der Waals surface area (Å²) < 4.78 is 31.9. The lowest BCUT2D eigenvalue weighted by atomic mass is 10.2. The van der Waals surface area contributed by atoms with Gasteiger partial charge in [-0.25, -0.2) is 13.2 Å². The molecule has 0 fully saturated rings. The second-order valence-electron chi connectivity index (χ2n) is 4.36. The fourth-order valence-electron chi connectivity index (χ4n) is 1.80. The number of carbonyl (C=O) groups is 1. The van der Waals surface area contributed by atoms with Crippen molar-refractivity contribution in [2.24, 2.45) is 0 Å². The van der Waals surface area contributed by atoms with Gasteiger partial charge < -0.3 is 9.72 Å². The molecule has 0 saturated carbocycles. The van der Waals surface area contributed by atoms with E-state index in [1.165, 1.54) is 29.8 Å². The topological polar surface area (TPSA) is 88.3 Å². The number of hydrogen-bond donors (Lipinski definition) is 2. The van der Waals surface area contributed by atoms with Crippen LogP contribution in [0.1, 0.15) is 27.7 Å². The molecule has 0 saturated heterocycles. The van der Waals surface area contributed by atoms with Crippen molar-refractivity contribution in [1.82, 2.24) is 4.98 Å². The SMILES string of the molecule is CCOC(=O)c1c(NS(=O)(=O)c2cc[nH]c2)sc(C)c1C. The molecule has 0 spiro atoms. The number of hydrogen-bond acceptors (Lipinski definition) is 5. The third-order valence-corrected chi connectivity index (χ3v) is 5.57. The maximum absolute atomic E-state index is 12.2. The summed E-state index contributed by atoms with van der Waals surface area (Å²) in [7, 11) is -3.72. The molecule has 8 heteroatoms. The smallest absolute Gasteiger partial charge is 0.341 e. The van der Waals surface area contributed by atoms with Crippen LogP contribution in [0, 0.1) is 13.8 Å². The number of aromatic nitrogens is 1. The number of aromatic amines is 1. The van der Waals surface area contributed by atoms with Crippen LogP contribution in [0.2, 0.25) is 0 Å². The molecule has 114 valence electrons. The molecule has 0 atom stereocenters. The normalized spacial score (nSPS) is 11.4. The Morgan fingerprint density at radius 1 is 1.43 bits per heavy atom. The zero-order chi connectivity index (χ0) is 15.6. The quantitative estimate of drug-likeness (QED) is 0.826. The molecule has 2 heterocycles. The zero-order valence-electron chi connectivity index (χ0n) is 11.9. The van der Waals surface area contributed by atoms with Crippen LogP contribution < -0.4 is 4.72 Å². The molecule has 0 radical (unpaired) electrons. The van der Waals surface area contributed by atoms with Crippen molar-refractivity contribution in [2.75, 3.05) is 11.3 Å². The molecule has 2 aromatic heterocycles. The summed E-state index contributed by atoms with van der Waals surface area (Å²) in [6.07, 6.45) is 2.89. The first-order valence-corrected chi connectivity index (χ1v) is 8.59. The van der Waals surface area contributed by atoms with Gasteiger partial charge in [-0.05, 0) is 32.4 Å². The lowest BCUT2D eigenvalue weighted by Gasteiger charge is -2.07. The maximum atomic E-state index is 12.2. The Labute approximate surface area is 127 Å². The summed E-state index contributed by atoms with van der Waals surface area (Å²) >= 11 is 1.22. The number of esters is 1. The number of ether oxygens (including phenoxy) is 1. The first-order chi connectivity index (χ1) is 9.86. The second-order valence-corrected chi connectivity index (χ2v) is 7.27. The molecule has 0 aromatic carbocycles. The van der Waals surface area contributed by atoms with E-state index in [9.17, 15) is 13.2 Å². The Bertz CT molecular complexity index is 745. The minimum absolute atomic E-state index is 0.112. The Morgan fingerprint density at radius 2 is 2.14 bits per heavy atom. The highest BCUT2D eigenvalue weighted by Crippen LogP contribution is 2.34. The Balaban J connectivity index is 2.41. The summed E-state index contributed by atoms with van der Waals surface area (Å²) in [5, 5.41) is 0.282. The van der Waals surface area contributed by atoms with Crippen molar-refractivity contribution in [3.8, 4) is 0 Å². The molecular formula is C13H16N2O4S2. The summed E-state index contributed by atoms with van der Waals surface area (Å²) in [5.41, 5.74) is 1.00. The average Bonchev–Trinajstić information content (AvgIpc) is 3.00. The summed E-state index contributed by atoms with van der Waals surface area (Å²) in [5.74, 6) is -0.522. The van der Waals surface area contributed by atoms with Crippen molar-refractivity contribution in [3.63, 3.8) is 0 Å². The molecule has 0 aliphatic heterocycles. The highest BCUT2D eigenvalue weighted by Gasteiger charge is 2.24. The molecule has 0 unspecified atom stereocenters. The van der Waals surface area contributed by atoms with Crippen molar-refractivity contribution in [1.29, 1.82) is 0 Å². The minimum atomic E-state index is -3.72. The fraction of sp³-hybridized carbons (Fsp3) is 0.308. The molecule has 6 nitrogen and oxygen atoms in total. The number of sulfonamides is 1. The van der Waals surface area contributed by atoms with E-state index in [2.05, 4.69) is 9.71 Å². The second kappa shape index (κ2) is 5.90. The van der Waals surface area contributed by atoms with Gasteiger partial charge in [-0.15, -0.1) is 11.3 Å². The van der Waals surface area contributed by atoms with E-state index in [1.807, 2.05) is 6.92 Å². The number of H-pyrrole nitrogens is 1. The van der Waals surface area contributed by atoms with Gasteiger partial charge in [-0.2, -0.15) is 0 Å². The van der Waals surface area contributed by atoms with Crippen LogP contribution in [-0.4, -0.2) is 26.0 Å². The molecule has 2 aromatic rings. The molecule has 21 heavy (non-hydrogen) atoms. The highest BCUT2D eigenvalue weighted by atomic mass is 32.2. The van der Waals surface area contributed by atoms with Crippen molar-refractivity contribution in [2.45, 2.75) is 25.7 Å². The van der Waals surface area contributed by atoms with Crippen molar-refractivity contribution < 1.29 is 17.9 Å². The first kappa shape index (κ1) is 15.6. The largest absolute Gasteiger partial charge is 0.462 e. The molecule has 2 N–H and O–H groups in total. The number of anilines is 1. The fourth-order valence-corrected chi connectivity index (χ4v) is 4.13. The third-order valence-electron chi connectivity index (χ3n) is 2.97. The number of aryl methyl sites for hydroxylation is 1. The number of nitrogens with one attached hydrogen (secondary N) is 2. The third kappa shape index (κ3) is 3.11. The van der Waals surface area contributed by atoms with Gasteiger partial charge in [0.05, 0.1) is 12.2 Å². The number of rotatable bonds is 5. The van der Waals surface area contributed by atoms with Gasteiger partial charge in [-0.3, -0.25) is 4.72 Å². The van der Waals surface area contributed by atoms with Crippen LogP contribution in [0.25, 0.3) is 0 Å². The first-order valence-electron chi connectivity index (χ1n) is 6.29. The Hall–Kier alpha value is -1.80. The van der Waals surface area contributed by atoms with Crippen LogP contribution in [-0.2, 0) is 14.8 Å². The molecule has 0 bridgehead atoms. The highest BCUT2D eigenvalue weighted by molar-refractivity contribution is 7.93. The Morgan fingerprint density at radius 3 is 2.71 bits per heavy atom. The van der Waals surface area contributed by atoms with Gasteiger partial charge in [0.25, 0.3) is 10.0 Å². The predicted octanol–water partition coefficient (Wildman–Crippen LogP) is 2.67. The minimum Gasteiger partial charge on any atom is -0.462 e. The molecule has 0 amide bonds. The van der Waals surface area contributed by atoms with E-state index in [1.54, 1.807) is 13.8 Å². The van der Waals surface area contributed by atoms with Gasteiger partial charge in [0.1, 0.15) is 9.90 Å². The van der Waals surface area contributed by atoms with E-state index in [4.69, 9.17) is 4.74 Å². The van der Waals surface area contributed by atoms with E-state index < -0.39 is 16.0 Å². The summed E-state index contributed by atoms with van der Waals surface area (Å²) in [4.78, 5) is 15.7. The van der Waals surface area contributed by atoms with Gasteiger partial charge in [0.15, 0.2) is 0 Å². The average molecular weight is 328 g/mol. The Kier molecular flexibility index (Phi) is 4.38. The lowest BCUT2D eigenvalue weighted by Crippen LogP contribution is -2.15. The van der Waals surface area contributed by atoms with Crippen LogP contribution in [0.15, 0.2) is 23.4 Å². The monoisotopic (exact) mass is 328 g/mol. The van der Waals surface area contributed by atoms with E-state index >= 15 is 0 Å². The molecule has 2 rings (SSSR count). The molecule has 0 aliphatic carbocycles. The zero-order valence-corrected chi connectivity index (χ0v) is 13.5. The van der Waals surface area contributed by atoms with Crippen LogP contribution in [0.4, 0.5) is 5.00 Å². The summed E-state index contributed by atoms with van der Waals surface area (Å²) in [6.45, 7) is 5.54. The number of carbonyl (C=O) groups excluding carboxylic acids is 1. The van der Waals surface area contributed by atoms with Gasteiger partial charge in [-0.1, -0.05) is 0 Å². The van der Waals surface area contributed by atoms with Crippen LogP contribution in [0.3, 0.4) is 0 Å². The molecule has 0 aliphatic rings. The van der Waals surface area contributed by atoms with Crippen LogP contribution >= 0.6 is 11.3 Å². The van der Waals surface area contributed by atoms with E-state index in [-0.39, 0.29) is 22.1 Å². The van der Waals surface area contributed by atoms with Gasteiger partial charge in [0, 0.05) is 17.3 Å². The van der Waals surface area contributed by atoms with Crippen molar-refractivity contribution >= 4 is 32.3 Å². The maximum Gasteiger partial charge on any atom is 0.341 e. The van der Waals surface area contributed by atoms with E-state index in [0.717, 1.165) is 10.4 Å².